The molecule has 1 aromatic carbocycles. The molecule has 0 heterocycles. The first-order valence-electron chi connectivity index (χ1n) is 7.19. The van der Waals surface area contributed by atoms with Crippen molar-refractivity contribution in [2.45, 2.75) is 39.5 Å². The highest BCUT2D eigenvalue weighted by atomic mass is 16.3. The molecule has 0 saturated heterocycles. The lowest BCUT2D eigenvalue weighted by Crippen LogP contribution is -2.22. The quantitative estimate of drug-likeness (QED) is 0.873. The van der Waals surface area contributed by atoms with Gasteiger partial charge in [-0.3, -0.25) is 4.79 Å². The third kappa shape index (κ3) is 1.90. The van der Waals surface area contributed by atoms with E-state index in [0.717, 1.165) is 42.4 Å². The largest absolute Gasteiger partial charge is 0.511 e. The van der Waals surface area contributed by atoms with Gasteiger partial charge in [0.1, 0.15) is 5.76 Å². The van der Waals surface area contributed by atoms with Crippen LogP contribution in [0.3, 0.4) is 0 Å². The second kappa shape index (κ2) is 4.52. The summed E-state index contributed by atoms with van der Waals surface area (Å²) in [6.45, 7) is 4.12. The Morgan fingerprint density at radius 1 is 1.26 bits per heavy atom. The van der Waals surface area contributed by atoms with Crippen molar-refractivity contribution in [2.24, 2.45) is 11.8 Å². The van der Waals surface area contributed by atoms with E-state index in [-0.39, 0.29) is 17.6 Å². The molecule has 3 rings (SSSR count). The Bertz CT molecular complexity index is 569. The predicted octanol–water partition coefficient (Wildman–Crippen LogP) is 3.83. The highest BCUT2D eigenvalue weighted by Crippen LogP contribution is 2.45. The van der Waals surface area contributed by atoms with Crippen molar-refractivity contribution in [2.75, 3.05) is 0 Å². The standard InChI is InChI=1S/C17H20O2/c1-3-11-5-4-10(2)8-14(11)15-16(18)12-6-7-13(9-12)17(15)19/h4-5,8,12-13,18H,3,6-7,9H2,1-2H3. The zero-order valence-corrected chi connectivity index (χ0v) is 11.6. The molecule has 100 valence electrons. The fourth-order valence-corrected chi connectivity index (χ4v) is 3.50. The van der Waals surface area contributed by atoms with Crippen LogP contribution in [0.2, 0.25) is 0 Å². The van der Waals surface area contributed by atoms with Gasteiger partial charge in [0, 0.05) is 11.8 Å². The van der Waals surface area contributed by atoms with E-state index in [1.54, 1.807) is 0 Å². The molecule has 0 amide bonds. The van der Waals surface area contributed by atoms with Crippen LogP contribution in [-0.4, -0.2) is 10.9 Å². The number of aliphatic hydroxyl groups is 1. The normalized spacial score (nSPS) is 26.1. The molecule has 1 fully saturated rings. The summed E-state index contributed by atoms with van der Waals surface area (Å²) in [5.74, 6) is 0.856. The lowest BCUT2D eigenvalue weighted by atomic mass is 9.81. The molecule has 0 spiro atoms. The number of hydrogen-bond acceptors (Lipinski definition) is 2. The Morgan fingerprint density at radius 3 is 2.74 bits per heavy atom. The first kappa shape index (κ1) is 12.5. The maximum absolute atomic E-state index is 12.6. The molecule has 0 aromatic heterocycles. The molecular weight excluding hydrogens is 236 g/mol. The number of rotatable bonds is 2. The second-order valence-corrected chi connectivity index (χ2v) is 5.85. The van der Waals surface area contributed by atoms with Crippen molar-refractivity contribution in [3.8, 4) is 0 Å². The maximum atomic E-state index is 12.6. The van der Waals surface area contributed by atoms with E-state index >= 15 is 0 Å². The highest BCUT2D eigenvalue weighted by Gasteiger charge is 2.41. The van der Waals surface area contributed by atoms with Gasteiger partial charge < -0.3 is 5.11 Å². The third-order valence-corrected chi connectivity index (χ3v) is 4.61. The van der Waals surface area contributed by atoms with Gasteiger partial charge >= 0.3 is 0 Å². The molecule has 2 aliphatic carbocycles. The number of benzene rings is 1. The summed E-state index contributed by atoms with van der Waals surface area (Å²) < 4.78 is 0. The lowest BCUT2D eigenvalue weighted by molar-refractivity contribution is -0.117. The zero-order valence-electron chi connectivity index (χ0n) is 11.6. The minimum atomic E-state index is 0.140. The zero-order chi connectivity index (χ0) is 13.6. The molecule has 2 heteroatoms. The number of allylic oxidation sites excluding steroid dienone is 2. The van der Waals surface area contributed by atoms with Gasteiger partial charge in [-0.2, -0.15) is 0 Å². The Hall–Kier alpha value is -1.57. The summed E-state index contributed by atoms with van der Waals surface area (Å²) in [5.41, 5.74) is 3.86. The first-order valence-corrected chi connectivity index (χ1v) is 7.19. The lowest BCUT2D eigenvalue weighted by Gasteiger charge is -2.23. The van der Waals surface area contributed by atoms with Crippen molar-refractivity contribution in [3.63, 3.8) is 0 Å². The number of hydrogen-bond donors (Lipinski definition) is 1. The molecule has 2 unspecified atom stereocenters. The smallest absolute Gasteiger partial charge is 0.169 e. The fraction of sp³-hybridized carbons (Fsp3) is 0.471. The summed E-state index contributed by atoms with van der Waals surface area (Å²) in [4.78, 5) is 12.6. The minimum Gasteiger partial charge on any atom is -0.511 e. The third-order valence-electron chi connectivity index (χ3n) is 4.61. The molecule has 2 bridgehead atoms. The van der Waals surface area contributed by atoms with Gasteiger partial charge in [0.05, 0.1) is 5.57 Å². The number of aryl methyl sites for hydroxylation is 2. The van der Waals surface area contributed by atoms with Crippen molar-refractivity contribution in [1.82, 2.24) is 0 Å². The molecule has 1 saturated carbocycles. The van der Waals surface area contributed by atoms with Gasteiger partial charge in [0.15, 0.2) is 5.78 Å². The average molecular weight is 256 g/mol. The minimum absolute atomic E-state index is 0.140. The van der Waals surface area contributed by atoms with Gasteiger partial charge in [-0.25, -0.2) is 0 Å². The Morgan fingerprint density at radius 2 is 2.00 bits per heavy atom. The van der Waals surface area contributed by atoms with E-state index in [1.165, 1.54) is 0 Å². The second-order valence-electron chi connectivity index (χ2n) is 5.85. The topological polar surface area (TPSA) is 37.3 Å². The van der Waals surface area contributed by atoms with E-state index in [9.17, 15) is 9.90 Å². The van der Waals surface area contributed by atoms with Crippen LogP contribution in [0, 0.1) is 18.8 Å². The summed E-state index contributed by atoms with van der Waals surface area (Å²) in [6, 6.07) is 6.20. The fourth-order valence-electron chi connectivity index (χ4n) is 3.50. The van der Waals surface area contributed by atoms with E-state index in [1.807, 2.05) is 13.0 Å². The van der Waals surface area contributed by atoms with Crippen LogP contribution in [-0.2, 0) is 11.2 Å². The van der Waals surface area contributed by atoms with Crippen LogP contribution >= 0.6 is 0 Å². The molecule has 0 aliphatic heterocycles. The van der Waals surface area contributed by atoms with E-state index < -0.39 is 0 Å². The van der Waals surface area contributed by atoms with Gasteiger partial charge in [-0.05, 0) is 43.7 Å². The van der Waals surface area contributed by atoms with Crippen molar-refractivity contribution >= 4 is 11.4 Å². The summed E-state index contributed by atoms with van der Waals surface area (Å²) in [6.07, 6.45) is 3.62. The number of carbonyl (C=O) groups excluding carboxylic acids is 1. The Labute approximate surface area is 114 Å². The monoisotopic (exact) mass is 256 g/mol. The summed E-state index contributed by atoms with van der Waals surface area (Å²) >= 11 is 0. The summed E-state index contributed by atoms with van der Waals surface area (Å²) in [5, 5.41) is 10.4. The predicted molar refractivity (Wildman–Crippen MR) is 75.9 cm³/mol. The van der Waals surface area contributed by atoms with Crippen molar-refractivity contribution in [1.29, 1.82) is 0 Å². The molecule has 0 radical (unpaired) electrons. The van der Waals surface area contributed by atoms with Crippen molar-refractivity contribution < 1.29 is 9.90 Å². The van der Waals surface area contributed by atoms with Crippen molar-refractivity contribution in [3.05, 3.63) is 40.6 Å². The number of fused-ring (bicyclic) bond motifs is 2. The first-order chi connectivity index (χ1) is 9.11. The molecule has 2 aliphatic rings. The number of Topliss-reactive ketones (excluding diaryl/α,β-unsaturated/α-hetero) is 1. The Kier molecular flexibility index (Phi) is 2.96. The molecular formula is C17H20O2. The summed E-state index contributed by atoms with van der Waals surface area (Å²) in [7, 11) is 0. The van der Waals surface area contributed by atoms with Gasteiger partial charge in [-0.1, -0.05) is 30.7 Å². The van der Waals surface area contributed by atoms with Crippen LogP contribution in [0.4, 0.5) is 0 Å². The molecule has 19 heavy (non-hydrogen) atoms. The molecule has 1 aromatic rings. The number of ketones is 1. The van der Waals surface area contributed by atoms with Gasteiger partial charge in [-0.15, -0.1) is 0 Å². The molecule has 2 nitrogen and oxygen atoms in total. The van der Waals surface area contributed by atoms with E-state index in [2.05, 4.69) is 19.1 Å². The van der Waals surface area contributed by atoms with E-state index in [4.69, 9.17) is 0 Å². The SMILES string of the molecule is CCc1ccc(C)cc1C1=C(O)C2CCC(C2)C1=O. The number of carbonyl (C=O) groups is 1. The average Bonchev–Trinajstić information content (AvgIpc) is 2.84. The molecule has 1 N–H and O–H groups in total. The van der Waals surface area contributed by atoms with Gasteiger partial charge in [0.2, 0.25) is 0 Å². The van der Waals surface area contributed by atoms with Crippen LogP contribution in [0.15, 0.2) is 24.0 Å². The molecule has 2 atom stereocenters. The Balaban J connectivity index is 2.18. The maximum Gasteiger partial charge on any atom is 0.169 e. The van der Waals surface area contributed by atoms with Crippen LogP contribution in [0.25, 0.3) is 5.57 Å². The van der Waals surface area contributed by atoms with Gasteiger partial charge in [0.25, 0.3) is 0 Å². The highest BCUT2D eigenvalue weighted by molar-refractivity contribution is 6.23. The van der Waals surface area contributed by atoms with E-state index in [0.29, 0.717) is 11.3 Å². The van der Waals surface area contributed by atoms with Crippen LogP contribution in [0.1, 0.15) is 42.9 Å². The van der Waals surface area contributed by atoms with Crippen LogP contribution < -0.4 is 0 Å². The number of aliphatic hydroxyl groups excluding tert-OH is 1. The van der Waals surface area contributed by atoms with Crippen LogP contribution in [0.5, 0.6) is 0 Å².